The van der Waals surface area contributed by atoms with Gasteiger partial charge in [-0.25, -0.2) is 24.1 Å². The van der Waals surface area contributed by atoms with E-state index < -0.39 is 5.97 Å². The first-order valence-corrected chi connectivity index (χ1v) is 26.8. The summed E-state index contributed by atoms with van der Waals surface area (Å²) in [6.45, 7) is 10.2. The van der Waals surface area contributed by atoms with Gasteiger partial charge in [-0.15, -0.1) is 22.7 Å². The van der Waals surface area contributed by atoms with Crippen LogP contribution in [0.5, 0.6) is 0 Å². The molecule has 0 fully saturated rings. The lowest BCUT2D eigenvalue weighted by atomic mass is 10.0. The molecule has 17 heteroatoms. The van der Waals surface area contributed by atoms with Crippen molar-refractivity contribution in [1.29, 1.82) is 0 Å². The fraction of sp³-hybridized carbons (Fsp3) is 0.239. The molecule has 63 heavy (non-hydrogen) atoms. The lowest BCUT2D eigenvalue weighted by Crippen LogP contribution is -2.09. The molecular weight excluding hydrogens is 1170 g/mol. The highest BCUT2D eigenvalue weighted by Crippen LogP contribution is 2.32. The Balaban J connectivity index is 0.000000196. The van der Waals surface area contributed by atoms with Crippen LogP contribution in [0, 0.1) is 20.8 Å². The number of halogens is 3. The average molecular weight is 1220 g/mol. The van der Waals surface area contributed by atoms with Crippen molar-refractivity contribution in [3.8, 4) is 32.5 Å². The zero-order chi connectivity index (χ0) is 45.2. The van der Waals surface area contributed by atoms with Crippen molar-refractivity contribution in [2.75, 3.05) is 7.36 Å². The smallest absolute Gasteiger partial charge is 0.337 e. The summed E-state index contributed by atoms with van der Waals surface area (Å²) in [5.74, 6) is -0.888. The van der Waals surface area contributed by atoms with Crippen LogP contribution in [0.1, 0.15) is 73.4 Å². The van der Waals surface area contributed by atoms with Gasteiger partial charge in [0, 0.05) is 69.8 Å². The van der Waals surface area contributed by atoms with E-state index in [1.165, 1.54) is 12.2 Å². The summed E-state index contributed by atoms with van der Waals surface area (Å²) in [6, 6.07) is 19.8. The number of Topliss-reactive ketones (excluding diaryl/α,β-unsaturated/α-hetero) is 1. The predicted molar refractivity (Wildman–Crippen MR) is 281 cm³/mol. The third-order valence-electron chi connectivity index (χ3n) is 9.96. The molecule has 0 aromatic carbocycles. The van der Waals surface area contributed by atoms with Crippen molar-refractivity contribution in [1.82, 2.24) is 43.3 Å². The van der Waals surface area contributed by atoms with E-state index >= 15 is 0 Å². The van der Waals surface area contributed by atoms with Crippen LogP contribution in [0.15, 0.2) is 104 Å². The van der Waals surface area contributed by atoms with Crippen LogP contribution in [0.2, 0.25) is 0 Å². The standard InChI is InChI=1S/C26H25N5OS.C18H16N4O2S.CH2I2.CH3I/c1-4-21-11-12-29-31(21)22-13-20(24(32)9-8-19-7-5-17(2)27-14-19)16-30-23(15-28-26(22)30)25-10-6-18(3)33-25;1-3-13-6-7-20-22(13)14-8-12(18(23)24)10-21-15(9-19-17(14)21)16-5-4-11(2)25-16;2-1-3;1-2/h5-7,10-16H,4,8-9H2,1-3H3;4-10H,3H2,1-2H3,(H,23,24);1H2;1H3. The molecule has 12 nitrogen and oxygen atoms in total. The monoisotopic (exact) mass is 1220 g/mol. The number of carbonyl (C=O) groups is 2. The fourth-order valence-electron chi connectivity index (χ4n) is 6.91. The average Bonchev–Trinajstić information content (AvgIpc) is 4.16. The van der Waals surface area contributed by atoms with Crippen LogP contribution >= 0.6 is 90.4 Å². The van der Waals surface area contributed by atoms with Gasteiger partial charge in [0.05, 0.1) is 41.5 Å². The molecule has 0 amide bonds. The van der Waals surface area contributed by atoms with Gasteiger partial charge in [-0.3, -0.25) is 18.6 Å². The molecule has 0 saturated heterocycles. The Morgan fingerprint density at radius 1 is 0.667 bits per heavy atom. The number of alkyl halides is 3. The summed E-state index contributed by atoms with van der Waals surface area (Å²) < 4.78 is 8.72. The highest BCUT2D eigenvalue weighted by Gasteiger charge is 2.20. The summed E-state index contributed by atoms with van der Waals surface area (Å²) >= 11 is 10.1. The van der Waals surface area contributed by atoms with Gasteiger partial charge in [0.2, 0.25) is 0 Å². The Labute approximate surface area is 415 Å². The van der Waals surface area contributed by atoms with Gasteiger partial charge in [0.1, 0.15) is 11.4 Å². The van der Waals surface area contributed by atoms with E-state index in [0.29, 0.717) is 29.7 Å². The first kappa shape index (κ1) is 48.1. The van der Waals surface area contributed by atoms with E-state index in [0.717, 1.165) is 68.0 Å². The number of carboxylic acids is 1. The number of carbonyl (C=O) groups excluding carboxylic acids is 1. The molecule has 326 valence electrons. The van der Waals surface area contributed by atoms with E-state index in [1.807, 2.05) is 100 Å². The van der Waals surface area contributed by atoms with E-state index in [-0.39, 0.29) is 11.3 Å². The number of carboxylic acid groups (broad SMARTS) is 1. The molecule has 1 N–H and O–H groups in total. The summed E-state index contributed by atoms with van der Waals surface area (Å²) in [4.78, 5) is 45.1. The van der Waals surface area contributed by atoms with E-state index in [4.69, 9.17) is 4.98 Å². The maximum atomic E-state index is 13.3. The van der Waals surface area contributed by atoms with Crippen molar-refractivity contribution in [2.45, 2.75) is 60.3 Å². The van der Waals surface area contributed by atoms with Gasteiger partial charge in [-0.05, 0) is 105 Å². The quantitative estimate of drug-likeness (QED) is 0.0768. The van der Waals surface area contributed by atoms with Crippen LogP contribution in [-0.4, -0.2) is 67.5 Å². The third-order valence-corrected chi connectivity index (χ3v) is 12.0. The molecular formula is C46H46I3N9O3S2. The number of hydrogen-bond donors (Lipinski definition) is 1. The van der Waals surface area contributed by atoms with Gasteiger partial charge in [0.25, 0.3) is 0 Å². The number of ketones is 1. The second-order valence-electron chi connectivity index (χ2n) is 14.0. The van der Waals surface area contributed by atoms with Gasteiger partial charge in [-0.2, -0.15) is 10.2 Å². The number of aryl methyl sites for hydroxylation is 6. The molecule has 0 atom stereocenters. The predicted octanol–water partition coefficient (Wildman–Crippen LogP) is 12.3. The Morgan fingerprint density at radius 3 is 1.59 bits per heavy atom. The molecule has 9 aromatic heterocycles. The van der Waals surface area contributed by atoms with Crippen molar-refractivity contribution in [3.63, 3.8) is 0 Å². The normalized spacial score (nSPS) is 10.8. The third kappa shape index (κ3) is 11.1. The van der Waals surface area contributed by atoms with Gasteiger partial charge >= 0.3 is 5.97 Å². The van der Waals surface area contributed by atoms with E-state index in [1.54, 1.807) is 58.2 Å². The summed E-state index contributed by atoms with van der Waals surface area (Å²) in [7, 11) is 0. The number of nitrogens with zero attached hydrogens (tertiary/aromatic N) is 9. The van der Waals surface area contributed by atoms with Crippen molar-refractivity contribution >= 4 is 113 Å². The Morgan fingerprint density at radius 2 is 1.16 bits per heavy atom. The Bertz CT molecular complexity index is 2960. The SMILES string of the molecule is CCc1ccnn1-c1cc(C(=O)CCc2ccc(C)nc2)cn2c(-c3ccc(C)s3)cnc12.CCc1ccnn1-c1cc(C(=O)O)cn2c(-c3ccc(C)s3)cnc12.CI.ICI. The second kappa shape index (κ2) is 22.5. The first-order chi connectivity index (χ1) is 30.5. The molecule has 0 radical (unpaired) electrons. The minimum Gasteiger partial charge on any atom is -0.478 e. The lowest BCUT2D eigenvalue weighted by molar-refractivity contribution is 0.0696. The van der Waals surface area contributed by atoms with Gasteiger partial charge in [-0.1, -0.05) is 87.7 Å². The molecule has 0 aliphatic rings. The zero-order valence-corrected chi connectivity index (χ0v) is 43.7. The number of aromatic nitrogens is 9. The van der Waals surface area contributed by atoms with Crippen molar-refractivity contribution < 1.29 is 14.7 Å². The summed E-state index contributed by atoms with van der Waals surface area (Å²) in [5.41, 5.74) is 9.78. The molecule has 9 heterocycles. The fourth-order valence-corrected chi connectivity index (χ4v) is 8.66. The molecule has 0 aliphatic heterocycles. The van der Waals surface area contributed by atoms with Gasteiger partial charge < -0.3 is 5.11 Å². The molecule has 0 bridgehead atoms. The van der Waals surface area contributed by atoms with Crippen LogP contribution in [0.25, 0.3) is 43.8 Å². The molecule has 0 spiro atoms. The topological polar surface area (TPSA) is 138 Å². The summed E-state index contributed by atoms with van der Waals surface area (Å²) in [5, 5.41) is 18.4. The number of imidazole rings is 2. The Kier molecular flexibility index (Phi) is 17.2. The molecule has 0 saturated carbocycles. The van der Waals surface area contributed by atoms with Crippen LogP contribution in [0.4, 0.5) is 0 Å². The lowest BCUT2D eigenvalue weighted by Gasteiger charge is -2.12. The minimum atomic E-state index is -0.977. The maximum Gasteiger partial charge on any atom is 0.337 e. The zero-order valence-electron chi connectivity index (χ0n) is 35.6. The number of rotatable bonds is 11. The molecule has 9 aromatic rings. The largest absolute Gasteiger partial charge is 0.478 e. The summed E-state index contributed by atoms with van der Waals surface area (Å²) in [6.07, 6.45) is 15.3. The molecule has 0 unspecified atom stereocenters. The molecule has 0 aliphatic carbocycles. The maximum absolute atomic E-state index is 13.3. The van der Waals surface area contributed by atoms with E-state index in [9.17, 15) is 14.7 Å². The van der Waals surface area contributed by atoms with Gasteiger partial charge in [0.15, 0.2) is 17.1 Å². The highest BCUT2D eigenvalue weighted by molar-refractivity contribution is 14.2. The van der Waals surface area contributed by atoms with Crippen LogP contribution < -0.4 is 0 Å². The van der Waals surface area contributed by atoms with Crippen molar-refractivity contribution in [2.24, 2.45) is 0 Å². The highest BCUT2D eigenvalue weighted by atomic mass is 127. The van der Waals surface area contributed by atoms with E-state index in [2.05, 4.69) is 114 Å². The number of aromatic carboxylic acids is 1. The van der Waals surface area contributed by atoms with Crippen LogP contribution in [-0.2, 0) is 19.3 Å². The van der Waals surface area contributed by atoms with Crippen molar-refractivity contribution in [3.05, 3.63) is 148 Å². The van der Waals surface area contributed by atoms with Crippen LogP contribution in [0.3, 0.4) is 0 Å². The number of hydrogen-bond acceptors (Lipinski definition) is 9. The number of pyridine rings is 3. The second-order valence-corrected chi connectivity index (χ2v) is 21.1. The number of thiophene rings is 2. The molecule has 9 rings (SSSR count). The first-order valence-electron chi connectivity index (χ1n) is 19.9. The number of fused-ring (bicyclic) bond motifs is 2. The Hall–Kier alpha value is -4.32. The minimum absolute atomic E-state index is 0.0888.